The first-order valence-electron chi connectivity index (χ1n) is 24.0. The van der Waals surface area contributed by atoms with E-state index in [0.29, 0.717) is 12.8 Å². The molecule has 0 saturated carbocycles. The van der Waals surface area contributed by atoms with Gasteiger partial charge in [-0.2, -0.15) is 0 Å². The largest absolute Gasteiger partial charge is 0.462 e. The molecule has 60 heavy (non-hydrogen) atoms. The Morgan fingerprint density at radius 3 is 1.03 bits per heavy atom. The van der Waals surface area contributed by atoms with Crippen LogP contribution in [0.2, 0.25) is 0 Å². The predicted molar refractivity (Wildman–Crippen MR) is 256 cm³/mol. The molecule has 0 aromatic carbocycles. The van der Waals surface area contributed by atoms with Crippen LogP contribution >= 0.6 is 0 Å². The number of ether oxygens (including phenoxy) is 3. The zero-order valence-corrected chi connectivity index (χ0v) is 38.4. The molecule has 0 aliphatic carbocycles. The van der Waals surface area contributed by atoms with Crippen molar-refractivity contribution in [3.05, 3.63) is 109 Å². The predicted octanol–water partition coefficient (Wildman–Crippen LogP) is 15.6. The van der Waals surface area contributed by atoms with E-state index in [4.69, 9.17) is 14.2 Å². The molecule has 1 atom stereocenters. The summed E-state index contributed by atoms with van der Waals surface area (Å²) in [6, 6.07) is 0. The standard InChI is InChI=1S/C54H86O6/c1-4-7-10-13-16-19-22-25-27-29-32-35-38-41-44-47-53(56)59-50-51(49-58-52(55)46-43-40-37-34-31-24-21-18-15-12-9-6-3)60-54(57)48-45-42-39-36-33-30-28-26-23-20-17-14-11-8-5-2/h7-8,10-11,13-14,16-17,19-20,22-23,25-29,32,51H,4-6,9,12,15,18,21,24,30-31,33-50H2,1-3H3/b10-7-,11-8-,16-13-,17-14-,22-19-,23-20-,27-25-,28-26-,32-29-. The van der Waals surface area contributed by atoms with Crippen LogP contribution in [-0.4, -0.2) is 37.2 Å². The third-order valence-electron chi connectivity index (χ3n) is 9.75. The van der Waals surface area contributed by atoms with Gasteiger partial charge in [0.25, 0.3) is 0 Å². The highest BCUT2D eigenvalue weighted by Gasteiger charge is 2.19. The molecule has 0 amide bonds. The van der Waals surface area contributed by atoms with Crippen LogP contribution in [0, 0.1) is 0 Å². The average molecular weight is 831 g/mol. The van der Waals surface area contributed by atoms with E-state index >= 15 is 0 Å². The molecular weight excluding hydrogens is 745 g/mol. The van der Waals surface area contributed by atoms with Gasteiger partial charge in [0.15, 0.2) is 6.10 Å². The Balaban J connectivity index is 4.53. The summed E-state index contributed by atoms with van der Waals surface area (Å²) in [6.07, 6.45) is 63.5. The highest BCUT2D eigenvalue weighted by molar-refractivity contribution is 5.71. The van der Waals surface area contributed by atoms with Crippen LogP contribution in [0.25, 0.3) is 0 Å². The summed E-state index contributed by atoms with van der Waals surface area (Å²) >= 11 is 0. The second kappa shape index (κ2) is 47.7. The summed E-state index contributed by atoms with van der Waals surface area (Å²) in [5.74, 6) is -0.978. The van der Waals surface area contributed by atoms with Gasteiger partial charge in [0.2, 0.25) is 0 Å². The normalized spacial score (nSPS) is 13.1. The molecule has 0 aromatic rings. The molecule has 338 valence electrons. The van der Waals surface area contributed by atoms with Gasteiger partial charge >= 0.3 is 17.9 Å². The van der Waals surface area contributed by atoms with Crippen molar-refractivity contribution in [3.63, 3.8) is 0 Å². The van der Waals surface area contributed by atoms with Crippen molar-refractivity contribution in [2.75, 3.05) is 13.2 Å². The van der Waals surface area contributed by atoms with Crippen molar-refractivity contribution < 1.29 is 28.6 Å². The van der Waals surface area contributed by atoms with Gasteiger partial charge in [-0.3, -0.25) is 14.4 Å². The van der Waals surface area contributed by atoms with E-state index in [9.17, 15) is 14.4 Å². The number of esters is 3. The fraction of sp³-hybridized carbons (Fsp3) is 0.611. The molecule has 0 N–H and O–H groups in total. The molecule has 1 unspecified atom stereocenters. The Kier molecular flexibility index (Phi) is 44.6. The molecule has 0 fully saturated rings. The Morgan fingerprint density at radius 2 is 0.650 bits per heavy atom. The molecule has 0 aliphatic heterocycles. The number of carbonyl (C=O) groups is 3. The van der Waals surface area contributed by atoms with Gasteiger partial charge in [0, 0.05) is 19.3 Å². The van der Waals surface area contributed by atoms with Gasteiger partial charge in [-0.05, 0) is 57.8 Å². The summed E-state index contributed by atoms with van der Waals surface area (Å²) in [5.41, 5.74) is 0. The van der Waals surface area contributed by atoms with Gasteiger partial charge in [-0.1, -0.05) is 226 Å². The quantitative estimate of drug-likeness (QED) is 0.0264. The van der Waals surface area contributed by atoms with Gasteiger partial charge in [-0.15, -0.1) is 0 Å². The van der Waals surface area contributed by atoms with Crippen LogP contribution in [0.5, 0.6) is 0 Å². The van der Waals surface area contributed by atoms with E-state index < -0.39 is 6.10 Å². The third kappa shape index (κ3) is 45.2. The molecule has 0 spiro atoms. The van der Waals surface area contributed by atoms with Gasteiger partial charge in [0.1, 0.15) is 13.2 Å². The number of carbonyl (C=O) groups excluding carboxylic acids is 3. The minimum atomic E-state index is -0.807. The Hall–Kier alpha value is -3.93. The second-order valence-electron chi connectivity index (χ2n) is 15.5. The molecule has 0 bridgehead atoms. The average Bonchev–Trinajstić information content (AvgIpc) is 3.24. The number of hydrogen-bond acceptors (Lipinski definition) is 6. The maximum absolute atomic E-state index is 12.8. The van der Waals surface area contributed by atoms with E-state index in [1.165, 1.54) is 57.8 Å². The van der Waals surface area contributed by atoms with Crippen molar-refractivity contribution in [1.29, 1.82) is 0 Å². The van der Waals surface area contributed by atoms with Crippen LogP contribution in [0.3, 0.4) is 0 Å². The van der Waals surface area contributed by atoms with Crippen LogP contribution in [0.15, 0.2) is 109 Å². The van der Waals surface area contributed by atoms with Crippen LogP contribution < -0.4 is 0 Å². The lowest BCUT2D eigenvalue weighted by Gasteiger charge is -2.18. The molecule has 0 aromatic heterocycles. The van der Waals surface area contributed by atoms with E-state index in [1.807, 2.05) is 72.9 Å². The molecular formula is C54H86O6. The van der Waals surface area contributed by atoms with E-state index in [2.05, 4.69) is 57.2 Å². The first-order valence-corrected chi connectivity index (χ1v) is 24.0. The summed E-state index contributed by atoms with van der Waals surface area (Å²) in [4.78, 5) is 37.9. The van der Waals surface area contributed by atoms with Crippen molar-refractivity contribution in [2.24, 2.45) is 0 Å². The fourth-order valence-corrected chi connectivity index (χ4v) is 6.18. The van der Waals surface area contributed by atoms with Crippen LogP contribution in [0.4, 0.5) is 0 Å². The highest BCUT2D eigenvalue weighted by atomic mass is 16.6. The Morgan fingerprint density at radius 1 is 0.350 bits per heavy atom. The molecule has 0 heterocycles. The van der Waals surface area contributed by atoms with E-state index in [1.54, 1.807) is 0 Å². The SMILES string of the molecule is CC\C=C/C=C\C=C/C=C\C=C/CCCCCC(=O)OCC(COC(=O)CCCCCCCCCCCCCC)OC(=O)CCCCCCC\C=C/C=C\C=C/C=C\CC. The number of hydrogen-bond donors (Lipinski definition) is 0. The molecule has 0 saturated heterocycles. The number of rotatable bonds is 41. The summed E-state index contributed by atoms with van der Waals surface area (Å²) in [6.45, 7) is 6.27. The first kappa shape index (κ1) is 56.1. The molecule has 6 nitrogen and oxygen atoms in total. The van der Waals surface area contributed by atoms with Gasteiger partial charge in [-0.25, -0.2) is 0 Å². The molecule has 0 radical (unpaired) electrons. The lowest BCUT2D eigenvalue weighted by atomic mass is 10.0. The summed E-state index contributed by atoms with van der Waals surface area (Å²) < 4.78 is 16.7. The topological polar surface area (TPSA) is 78.9 Å². The Labute approximate surface area is 368 Å². The van der Waals surface area contributed by atoms with Crippen LogP contribution in [0.1, 0.15) is 194 Å². The molecule has 6 heteroatoms. The summed E-state index contributed by atoms with van der Waals surface area (Å²) in [7, 11) is 0. The second-order valence-corrected chi connectivity index (χ2v) is 15.5. The van der Waals surface area contributed by atoms with Gasteiger partial charge in [0.05, 0.1) is 0 Å². The first-order chi connectivity index (χ1) is 29.5. The van der Waals surface area contributed by atoms with E-state index in [-0.39, 0.29) is 37.5 Å². The van der Waals surface area contributed by atoms with E-state index in [0.717, 1.165) is 96.3 Å². The highest BCUT2D eigenvalue weighted by Crippen LogP contribution is 2.14. The smallest absolute Gasteiger partial charge is 0.306 e. The fourth-order valence-electron chi connectivity index (χ4n) is 6.18. The zero-order valence-electron chi connectivity index (χ0n) is 38.4. The Bertz CT molecular complexity index is 1280. The maximum Gasteiger partial charge on any atom is 0.306 e. The lowest BCUT2D eigenvalue weighted by molar-refractivity contribution is -0.167. The van der Waals surface area contributed by atoms with Crippen molar-refractivity contribution in [3.8, 4) is 0 Å². The maximum atomic E-state index is 12.8. The number of unbranched alkanes of at least 4 members (excludes halogenated alkanes) is 19. The minimum absolute atomic E-state index is 0.103. The third-order valence-corrected chi connectivity index (χ3v) is 9.75. The monoisotopic (exact) mass is 831 g/mol. The van der Waals surface area contributed by atoms with Crippen molar-refractivity contribution in [1.82, 2.24) is 0 Å². The van der Waals surface area contributed by atoms with Crippen molar-refractivity contribution in [2.45, 2.75) is 200 Å². The lowest BCUT2D eigenvalue weighted by Crippen LogP contribution is -2.30. The molecule has 0 aliphatic rings. The van der Waals surface area contributed by atoms with Crippen LogP contribution in [-0.2, 0) is 28.6 Å². The minimum Gasteiger partial charge on any atom is -0.462 e. The zero-order chi connectivity index (χ0) is 43.7. The number of allylic oxidation sites excluding steroid dienone is 18. The molecule has 0 rings (SSSR count). The van der Waals surface area contributed by atoms with Crippen molar-refractivity contribution >= 4 is 17.9 Å². The summed E-state index contributed by atoms with van der Waals surface area (Å²) in [5, 5.41) is 0. The van der Waals surface area contributed by atoms with Gasteiger partial charge < -0.3 is 14.2 Å².